The molecule has 0 unspecified atom stereocenters. The van der Waals surface area contributed by atoms with Gasteiger partial charge in [-0.05, 0) is 30.0 Å². The van der Waals surface area contributed by atoms with Gasteiger partial charge in [0.2, 0.25) is 11.8 Å². The Morgan fingerprint density at radius 2 is 2.00 bits per heavy atom. The summed E-state index contributed by atoms with van der Waals surface area (Å²) in [6.45, 7) is 6.18. The summed E-state index contributed by atoms with van der Waals surface area (Å²) in [6.07, 6.45) is 1.09. The van der Waals surface area contributed by atoms with Crippen molar-refractivity contribution in [2.24, 2.45) is 5.92 Å². The summed E-state index contributed by atoms with van der Waals surface area (Å²) in [5, 5.41) is 0.476. The van der Waals surface area contributed by atoms with Crippen molar-refractivity contribution in [2.45, 2.75) is 33.6 Å². The number of hydrogen-bond acceptors (Lipinski definition) is 3. The highest BCUT2D eigenvalue weighted by Gasteiger charge is 2.08. The Bertz CT molecular complexity index is 504. The summed E-state index contributed by atoms with van der Waals surface area (Å²) in [7, 11) is 0. The topological polar surface area (TPSA) is 67.4 Å². The summed E-state index contributed by atoms with van der Waals surface area (Å²) in [5.41, 5.74) is 5.28. The number of ether oxygens (including phenoxy) is 1. The third kappa shape index (κ3) is 6.99. The zero-order chi connectivity index (χ0) is 15.8. The van der Waals surface area contributed by atoms with Gasteiger partial charge in [-0.15, -0.1) is 0 Å². The standard InChI is InChI=1S/C15H21ClN2O3/c1-10(2)6-7-21-14-5-4-12(8-13(14)16)9-15(20)18-17-11(3)19/h4-5,8,10H,6-7,9H2,1-3H3,(H,17,19)(H,18,20). The second kappa shape index (κ2) is 8.52. The summed E-state index contributed by atoms with van der Waals surface area (Å²) < 4.78 is 5.60. The molecule has 0 spiro atoms. The molecule has 116 valence electrons. The quantitative estimate of drug-likeness (QED) is 0.793. The Hall–Kier alpha value is -1.75. The van der Waals surface area contributed by atoms with Gasteiger partial charge in [-0.3, -0.25) is 20.4 Å². The van der Waals surface area contributed by atoms with Crippen molar-refractivity contribution in [1.29, 1.82) is 0 Å². The van der Waals surface area contributed by atoms with Crippen molar-refractivity contribution >= 4 is 23.4 Å². The van der Waals surface area contributed by atoms with E-state index in [2.05, 4.69) is 24.7 Å². The van der Waals surface area contributed by atoms with Crippen LogP contribution in [0.3, 0.4) is 0 Å². The first kappa shape index (κ1) is 17.3. The minimum atomic E-state index is -0.324. The highest BCUT2D eigenvalue weighted by Crippen LogP contribution is 2.26. The maximum absolute atomic E-state index is 11.6. The van der Waals surface area contributed by atoms with Crippen LogP contribution in [-0.4, -0.2) is 18.4 Å². The number of hydrazine groups is 1. The average Bonchev–Trinajstić information content (AvgIpc) is 2.38. The largest absolute Gasteiger partial charge is 0.492 e. The molecule has 1 aromatic carbocycles. The molecule has 0 radical (unpaired) electrons. The van der Waals surface area contributed by atoms with Gasteiger partial charge in [0.05, 0.1) is 18.1 Å². The molecule has 0 aliphatic rings. The van der Waals surface area contributed by atoms with Gasteiger partial charge in [0, 0.05) is 6.92 Å². The number of rotatable bonds is 6. The fraction of sp³-hybridized carbons (Fsp3) is 0.467. The van der Waals surface area contributed by atoms with E-state index in [1.54, 1.807) is 18.2 Å². The van der Waals surface area contributed by atoms with Gasteiger partial charge in [0.15, 0.2) is 0 Å². The fourth-order valence-electron chi connectivity index (χ4n) is 1.56. The van der Waals surface area contributed by atoms with Crippen molar-refractivity contribution in [3.05, 3.63) is 28.8 Å². The van der Waals surface area contributed by atoms with E-state index in [-0.39, 0.29) is 18.2 Å². The normalized spacial score (nSPS) is 10.3. The predicted molar refractivity (Wildman–Crippen MR) is 82.1 cm³/mol. The lowest BCUT2D eigenvalue weighted by molar-refractivity contribution is -0.127. The minimum Gasteiger partial charge on any atom is -0.492 e. The Morgan fingerprint density at radius 1 is 1.29 bits per heavy atom. The molecule has 0 atom stereocenters. The lowest BCUT2D eigenvalue weighted by Crippen LogP contribution is -2.41. The second-order valence-corrected chi connectivity index (χ2v) is 5.61. The van der Waals surface area contributed by atoms with Crippen molar-refractivity contribution in [3.63, 3.8) is 0 Å². The van der Waals surface area contributed by atoms with Crippen LogP contribution in [0.15, 0.2) is 18.2 Å². The van der Waals surface area contributed by atoms with Crippen molar-refractivity contribution in [1.82, 2.24) is 10.9 Å². The molecular weight excluding hydrogens is 292 g/mol. The lowest BCUT2D eigenvalue weighted by atomic mass is 10.1. The molecule has 6 heteroatoms. The second-order valence-electron chi connectivity index (χ2n) is 5.20. The highest BCUT2D eigenvalue weighted by atomic mass is 35.5. The highest BCUT2D eigenvalue weighted by molar-refractivity contribution is 6.32. The molecule has 0 aromatic heterocycles. The third-order valence-electron chi connectivity index (χ3n) is 2.69. The predicted octanol–water partition coefficient (Wildman–Crippen LogP) is 2.47. The van der Waals surface area contributed by atoms with Gasteiger partial charge in [0.1, 0.15) is 5.75 Å². The molecule has 0 aliphatic heterocycles. The van der Waals surface area contributed by atoms with Crippen LogP contribution in [0.25, 0.3) is 0 Å². The molecule has 0 saturated heterocycles. The molecule has 2 amide bonds. The first-order valence-corrected chi connectivity index (χ1v) is 7.23. The van der Waals surface area contributed by atoms with E-state index in [0.29, 0.717) is 23.3 Å². The maximum Gasteiger partial charge on any atom is 0.242 e. The molecule has 0 aliphatic carbocycles. The molecule has 0 fully saturated rings. The van der Waals surface area contributed by atoms with Gasteiger partial charge in [-0.25, -0.2) is 0 Å². The van der Waals surface area contributed by atoms with Gasteiger partial charge in [0.25, 0.3) is 0 Å². The van der Waals surface area contributed by atoms with Gasteiger partial charge in [-0.1, -0.05) is 31.5 Å². The van der Waals surface area contributed by atoms with Crippen LogP contribution in [0.2, 0.25) is 5.02 Å². The summed E-state index contributed by atoms with van der Waals surface area (Å²) in [4.78, 5) is 22.2. The summed E-state index contributed by atoms with van der Waals surface area (Å²) >= 11 is 6.13. The SMILES string of the molecule is CC(=O)NNC(=O)Cc1ccc(OCCC(C)C)c(Cl)c1. The minimum absolute atomic E-state index is 0.131. The Balaban J connectivity index is 2.53. The maximum atomic E-state index is 11.6. The molecule has 5 nitrogen and oxygen atoms in total. The number of nitrogens with one attached hydrogen (secondary N) is 2. The smallest absolute Gasteiger partial charge is 0.242 e. The number of amides is 2. The number of carbonyl (C=O) groups excluding carboxylic acids is 2. The van der Waals surface area contributed by atoms with Crippen LogP contribution in [-0.2, 0) is 16.0 Å². The van der Waals surface area contributed by atoms with E-state index >= 15 is 0 Å². The van der Waals surface area contributed by atoms with Crippen molar-refractivity contribution < 1.29 is 14.3 Å². The van der Waals surface area contributed by atoms with Gasteiger partial charge < -0.3 is 4.74 Å². The summed E-state index contributed by atoms with van der Waals surface area (Å²) in [5.74, 6) is 0.550. The van der Waals surface area contributed by atoms with Crippen LogP contribution in [0, 0.1) is 5.92 Å². The van der Waals surface area contributed by atoms with E-state index in [0.717, 1.165) is 12.0 Å². The Labute approximate surface area is 130 Å². The van der Waals surface area contributed by atoms with E-state index in [1.165, 1.54) is 6.92 Å². The van der Waals surface area contributed by atoms with Crippen LogP contribution in [0.1, 0.15) is 32.8 Å². The van der Waals surface area contributed by atoms with Gasteiger partial charge in [-0.2, -0.15) is 0 Å². The number of carbonyl (C=O) groups is 2. The van der Waals surface area contributed by atoms with E-state index in [4.69, 9.17) is 16.3 Å². The lowest BCUT2D eigenvalue weighted by Gasteiger charge is -2.11. The first-order chi connectivity index (χ1) is 9.88. The van der Waals surface area contributed by atoms with E-state index in [9.17, 15) is 9.59 Å². The first-order valence-electron chi connectivity index (χ1n) is 6.85. The van der Waals surface area contributed by atoms with Crippen LogP contribution < -0.4 is 15.6 Å². The number of halogens is 1. The van der Waals surface area contributed by atoms with E-state index in [1.807, 2.05) is 0 Å². The third-order valence-corrected chi connectivity index (χ3v) is 2.99. The Morgan fingerprint density at radius 3 is 2.57 bits per heavy atom. The zero-order valence-corrected chi connectivity index (χ0v) is 13.3. The van der Waals surface area contributed by atoms with E-state index < -0.39 is 0 Å². The Kier molecular flexibility index (Phi) is 7.02. The molecule has 1 aromatic rings. The number of benzene rings is 1. The van der Waals surface area contributed by atoms with Crippen LogP contribution in [0.5, 0.6) is 5.75 Å². The molecule has 0 saturated carbocycles. The zero-order valence-electron chi connectivity index (χ0n) is 12.5. The molecule has 1 rings (SSSR count). The number of hydrogen-bond donors (Lipinski definition) is 2. The molecular formula is C15H21ClN2O3. The molecule has 21 heavy (non-hydrogen) atoms. The monoisotopic (exact) mass is 312 g/mol. The summed E-state index contributed by atoms with van der Waals surface area (Å²) in [6, 6.07) is 5.23. The van der Waals surface area contributed by atoms with Crippen molar-refractivity contribution in [2.75, 3.05) is 6.61 Å². The van der Waals surface area contributed by atoms with Crippen molar-refractivity contribution in [3.8, 4) is 5.75 Å². The van der Waals surface area contributed by atoms with Crippen LogP contribution in [0.4, 0.5) is 0 Å². The average molecular weight is 313 g/mol. The molecule has 0 heterocycles. The molecule has 2 N–H and O–H groups in total. The molecule has 0 bridgehead atoms. The van der Waals surface area contributed by atoms with Gasteiger partial charge >= 0.3 is 0 Å². The van der Waals surface area contributed by atoms with Crippen LogP contribution >= 0.6 is 11.6 Å². The fourth-order valence-corrected chi connectivity index (χ4v) is 1.82.